The van der Waals surface area contributed by atoms with Crippen molar-refractivity contribution >= 4 is 23.2 Å². The van der Waals surface area contributed by atoms with Gasteiger partial charge in [0.2, 0.25) is 5.88 Å². The van der Waals surface area contributed by atoms with E-state index in [2.05, 4.69) is 25.2 Å². The number of carbonyl (C=O) groups is 1. The molecule has 3 aromatic heterocycles. The van der Waals surface area contributed by atoms with Crippen LogP contribution < -0.4 is 10.1 Å². The SMILES string of the molecule is Cc1nn2ncc(CNC(=O)c3cnc(OC(F)F)c(Cl)c3)c2n1CC(F)F. The van der Waals surface area contributed by atoms with Crippen molar-refractivity contribution < 1.29 is 27.1 Å². The van der Waals surface area contributed by atoms with Crippen molar-refractivity contribution in [2.45, 2.75) is 33.1 Å². The molecule has 0 saturated carbocycles. The molecule has 0 aliphatic rings. The molecule has 0 aromatic carbocycles. The van der Waals surface area contributed by atoms with E-state index in [0.29, 0.717) is 17.0 Å². The van der Waals surface area contributed by atoms with Crippen molar-refractivity contribution in [2.24, 2.45) is 0 Å². The number of fused-ring (bicyclic) bond motifs is 1. The Morgan fingerprint density at radius 1 is 1.32 bits per heavy atom. The third-order valence-electron chi connectivity index (χ3n) is 3.72. The standard InChI is InChI=1S/C15H13ClF4N6O2/c1-7-24-26-14(25(7)6-11(17)18)9(5-23-26)4-21-12(27)8-2-10(16)13(22-3-8)28-15(19)20/h2-3,5,11,15H,4,6H2,1H3,(H,21,27). The molecule has 150 valence electrons. The minimum atomic E-state index is -3.10. The van der Waals surface area contributed by atoms with Crippen molar-refractivity contribution in [1.82, 2.24) is 29.7 Å². The van der Waals surface area contributed by atoms with Crippen molar-refractivity contribution in [3.05, 3.63) is 40.4 Å². The largest absolute Gasteiger partial charge is 0.415 e. The van der Waals surface area contributed by atoms with Gasteiger partial charge in [0.25, 0.3) is 12.3 Å². The van der Waals surface area contributed by atoms with E-state index in [1.165, 1.54) is 15.4 Å². The van der Waals surface area contributed by atoms with Gasteiger partial charge in [0.15, 0.2) is 5.65 Å². The molecular weight excluding hydrogens is 408 g/mol. The third-order valence-corrected chi connectivity index (χ3v) is 3.99. The molecule has 0 atom stereocenters. The average Bonchev–Trinajstić information content (AvgIpc) is 3.13. The van der Waals surface area contributed by atoms with E-state index in [9.17, 15) is 22.4 Å². The molecule has 28 heavy (non-hydrogen) atoms. The summed E-state index contributed by atoms with van der Waals surface area (Å²) in [6, 6.07) is 1.13. The third kappa shape index (κ3) is 4.16. The van der Waals surface area contributed by atoms with Crippen LogP contribution in [0.1, 0.15) is 21.7 Å². The lowest BCUT2D eigenvalue weighted by molar-refractivity contribution is -0.0527. The maximum atomic E-state index is 12.8. The molecule has 0 unspecified atom stereocenters. The van der Waals surface area contributed by atoms with E-state index in [4.69, 9.17) is 11.6 Å². The number of pyridine rings is 1. The van der Waals surface area contributed by atoms with Crippen LogP contribution in [0, 0.1) is 6.92 Å². The molecule has 0 radical (unpaired) electrons. The molecule has 0 saturated heterocycles. The summed E-state index contributed by atoms with van der Waals surface area (Å²) >= 11 is 5.77. The molecule has 1 N–H and O–H groups in total. The molecule has 0 aliphatic heterocycles. The smallest absolute Gasteiger partial charge is 0.388 e. The summed E-state index contributed by atoms with van der Waals surface area (Å²) in [5.74, 6) is -0.756. The number of nitrogens with zero attached hydrogens (tertiary/aromatic N) is 5. The monoisotopic (exact) mass is 420 g/mol. The molecule has 0 spiro atoms. The molecule has 3 aromatic rings. The van der Waals surface area contributed by atoms with E-state index in [0.717, 1.165) is 12.3 Å². The highest BCUT2D eigenvalue weighted by Gasteiger charge is 2.18. The summed E-state index contributed by atoms with van der Waals surface area (Å²) < 4.78 is 56.6. The number of aryl methyl sites for hydroxylation is 1. The second-order valence-corrected chi connectivity index (χ2v) is 6.01. The topological polar surface area (TPSA) is 86.3 Å². The first-order valence-electron chi connectivity index (χ1n) is 7.83. The van der Waals surface area contributed by atoms with Crippen LogP contribution in [0.25, 0.3) is 5.65 Å². The fraction of sp³-hybridized carbons (Fsp3) is 0.333. The van der Waals surface area contributed by atoms with Gasteiger partial charge in [0, 0.05) is 18.3 Å². The average molecular weight is 421 g/mol. The Bertz CT molecular complexity index is 1010. The van der Waals surface area contributed by atoms with Crippen LogP contribution in [0.2, 0.25) is 5.02 Å². The normalized spacial score (nSPS) is 11.6. The molecule has 3 heterocycles. The highest BCUT2D eigenvalue weighted by atomic mass is 35.5. The fourth-order valence-electron chi connectivity index (χ4n) is 2.54. The van der Waals surface area contributed by atoms with Crippen molar-refractivity contribution in [3.63, 3.8) is 0 Å². The fourth-order valence-corrected chi connectivity index (χ4v) is 2.75. The van der Waals surface area contributed by atoms with Crippen LogP contribution in [0.15, 0.2) is 18.5 Å². The number of hydrogen-bond donors (Lipinski definition) is 1. The number of alkyl halides is 4. The molecule has 8 nitrogen and oxygen atoms in total. The summed E-state index contributed by atoms with van der Waals surface area (Å²) in [4.78, 5) is 15.8. The predicted molar refractivity (Wildman–Crippen MR) is 88.8 cm³/mol. The van der Waals surface area contributed by atoms with Gasteiger partial charge in [-0.1, -0.05) is 11.6 Å². The number of halogens is 5. The maximum Gasteiger partial charge on any atom is 0.388 e. The van der Waals surface area contributed by atoms with Gasteiger partial charge in [-0.05, 0) is 13.0 Å². The predicted octanol–water partition coefficient (Wildman–Crippen LogP) is 2.68. The van der Waals surface area contributed by atoms with Crippen molar-refractivity contribution in [2.75, 3.05) is 0 Å². The van der Waals surface area contributed by atoms with Gasteiger partial charge in [-0.25, -0.2) is 13.8 Å². The minimum absolute atomic E-state index is 0.00676. The van der Waals surface area contributed by atoms with Crippen LogP contribution in [-0.2, 0) is 13.1 Å². The van der Waals surface area contributed by atoms with Gasteiger partial charge in [0.1, 0.15) is 10.8 Å². The van der Waals surface area contributed by atoms with Crippen LogP contribution in [0.4, 0.5) is 17.6 Å². The van der Waals surface area contributed by atoms with Crippen LogP contribution in [0.5, 0.6) is 5.88 Å². The molecule has 13 heteroatoms. The van der Waals surface area contributed by atoms with Crippen LogP contribution >= 0.6 is 11.6 Å². The highest BCUT2D eigenvalue weighted by Crippen LogP contribution is 2.24. The number of rotatable bonds is 7. The summed E-state index contributed by atoms with van der Waals surface area (Å²) in [5.41, 5.74) is 0.800. The first kappa shape index (κ1) is 19.9. The van der Waals surface area contributed by atoms with Gasteiger partial charge < -0.3 is 14.6 Å². The van der Waals surface area contributed by atoms with Crippen molar-refractivity contribution in [3.8, 4) is 5.88 Å². The van der Waals surface area contributed by atoms with Gasteiger partial charge in [-0.15, -0.1) is 9.73 Å². The first-order chi connectivity index (χ1) is 13.3. The molecule has 1 amide bonds. The number of amides is 1. The Morgan fingerprint density at radius 2 is 2.07 bits per heavy atom. The zero-order valence-corrected chi connectivity index (χ0v) is 15.0. The summed E-state index contributed by atoms with van der Waals surface area (Å²) in [7, 11) is 0. The highest BCUT2D eigenvalue weighted by molar-refractivity contribution is 6.32. The molecule has 3 rings (SSSR count). The Hall–Kier alpha value is -2.89. The van der Waals surface area contributed by atoms with E-state index in [-0.39, 0.29) is 17.1 Å². The lowest BCUT2D eigenvalue weighted by Crippen LogP contribution is -2.23. The Balaban J connectivity index is 1.75. The van der Waals surface area contributed by atoms with E-state index in [1.54, 1.807) is 6.92 Å². The van der Waals surface area contributed by atoms with E-state index >= 15 is 0 Å². The number of aromatic nitrogens is 5. The number of nitrogens with one attached hydrogen (secondary N) is 1. The number of carbonyl (C=O) groups excluding carboxylic acids is 1. The van der Waals surface area contributed by atoms with Gasteiger partial charge >= 0.3 is 6.61 Å². The second-order valence-electron chi connectivity index (χ2n) is 5.60. The van der Waals surface area contributed by atoms with Crippen LogP contribution in [0.3, 0.4) is 0 Å². The summed E-state index contributed by atoms with van der Waals surface area (Å²) in [5, 5.41) is 10.3. The number of ether oxygens (including phenoxy) is 1. The molecule has 0 aliphatic carbocycles. The van der Waals surface area contributed by atoms with Crippen molar-refractivity contribution in [1.29, 1.82) is 0 Å². The van der Waals surface area contributed by atoms with Crippen LogP contribution in [-0.4, -0.2) is 43.3 Å². The maximum absolute atomic E-state index is 12.8. The lowest BCUT2D eigenvalue weighted by atomic mass is 10.2. The van der Waals surface area contributed by atoms with Gasteiger partial charge in [-0.2, -0.15) is 13.9 Å². The van der Waals surface area contributed by atoms with Gasteiger partial charge in [-0.3, -0.25) is 4.79 Å². The summed E-state index contributed by atoms with van der Waals surface area (Å²) in [6.07, 6.45) is -0.164. The molecule has 0 fully saturated rings. The Labute approximate surface area is 160 Å². The summed E-state index contributed by atoms with van der Waals surface area (Å²) in [6.45, 7) is -2.14. The number of hydrogen-bond acceptors (Lipinski definition) is 5. The lowest BCUT2D eigenvalue weighted by Gasteiger charge is -2.09. The van der Waals surface area contributed by atoms with E-state index < -0.39 is 31.4 Å². The molecular formula is C15H13ClF4N6O2. The zero-order chi connectivity index (χ0) is 20.4. The first-order valence-corrected chi connectivity index (χ1v) is 8.20. The molecule has 0 bridgehead atoms. The van der Waals surface area contributed by atoms with Gasteiger partial charge in [0.05, 0.1) is 18.3 Å². The minimum Gasteiger partial charge on any atom is -0.415 e. The quantitative estimate of drug-likeness (QED) is 0.594. The second kappa shape index (κ2) is 8.00. The van der Waals surface area contributed by atoms with E-state index in [1.807, 2.05) is 0 Å². The Morgan fingerprint density at radius 3 is 2.71 bits per heavy atom. The zero-order valence-electron chi connectivity index (χ0n) is 14.2. The Kier molecular flexibility index (Phi) is 5.68.